The Morgan fingerprint density at radius 1 is 0.944 bits per heavy atom. The van der Waals surface area contributed by atoms with Crippen LogP contribution in [0.3, 0.4) is 0 Å². The van der Waals surface area contributed by atoms with Crippen molar-refractivity contribution in [2.24, 2.45) is 0 Å². The van der Waals surface area contributed by atoms with Gasteiger partial charge in [-0.1, -0.05) is 35.3 Å². The molecule has 1 fully saturated rings. The van der Waals surface area contributed by atoms with Gasteiger partial charge in [-0.05, 0) is 40.2 Å². The van der Waals surface area contributed by atoms with Gasteiger partial charge in [0.05, 0.1) is 21.2 Å². The van der Waals surface area contributed by atoms with E-state index in [0.717, 1.165) is 11.0 Å². The number of aryl methyl sites for hydroxylation is 1. The highest BCUT2D eigenvalue weighted by atomic mass is 35.5. The van der Waals surface area contributed by atoms with Crippen LogP contribution in [-0.2, 0) is 9.31 Å². The van der Waals surface area contributed by atoms with Gasteiger partial charge < -0.3 is 9.31 Å². The fourth-order valence-corrected chi connectivity index (χ4v) is 2.29. The predicted octanol–water partition coefficient (Wildman–Crippen LogP) is 3.60. The first kappa shape index (κ1) is 14.2. The van der Waals surface area contributed by atoms with Gasteiger partial charge in [0.1, 0.15) is 0 Å². The van der Waals surface area contributed by atoms with Crippen molar-refractivity contribution < 1.29 is 9.31 Å². The zero-order valence-electron chi connectivity index (χ0n) is 11.3. The molecule has 0 N–H and O–H groups in total. The Balaban J connectivity index is 2.39. The molecule has 0 atom stereocenters. The lowest BCUT2D eigenvalue weighted by Gasteiger charge is -2.32. The van der Waals surface area contributed by atoms with Gasteiger partial charge in [-0.15, -0.1) is 0 Å². The summed E-state index contributed by atoms with van der Waals surface area (Å²) in [4.78, 5) is 0. The van der Waals surface area contributed by atoms with Gasteiger partial charge in [-0.2, -0.15) is 0 Å². The molecule has 98 valence electrons. The van der Waals surface area contributed by atoms with E-state index < -0.39 is 7.12 Å². The molecule has 0 aromatic heterocycles. The zero-order chi connectivity index (χ0) is 13.7. The topological polar surface area (TPSA) is 18.5 Å². The molecule has 0 aliphatic carbocycles. The van der Waals surface area contributed by atoms with Gasteiger partial charge in [0.2, 0.25) is 0 Å². The van der Waals surface area contributed by atoms with E-state index in [4.69, 9.17) is 32.5 Å². The number of hydrogen-bond acceptors (Lipinski definition) is 2. The van der Waals surface area contributed by atoms with E-state index in [1.807, 2.05) is 46.8 Å². The number of hydrogen-bond donors (Lipinski definition) is 0. The van der Waals surface area contributed by atoms with Gasteiger partial charge in [-0.25, -0.2) is 0 Å². The second-order valence-electron chi connectivity index (χ2n) is 5.69. The summed E-state index contributed by atoms with van der Waals surface area (Å²) in [5, 5.41) is 1.07. The van der Waals surface area contributed by atoms with Crippen LogP contribution >= 0.6 is 23.2 Å². The van der Waals surface area contributed by atoms with Crippen LogP contribution in [0.1, 0.15) is 33.3 Å². The number of rotatable bonds is 1. The van der Waals surface area contributed by atoms with Crippen LogP contribution in [0.15, 0.2) is 12.1 Å². The van der Waals surface area contributed by atoms with Gasteiger partial charge in [0.25, 0.3) is 0 Å². The fraction of sp³-hybridized carbons (Fsp3) is 0.538. The van der Waals surface area contributed by atoms with Crippen LogP contribution in [0.4, 0.5) is 0 Å². The third-order valence-corrected chi connectivity index (χ3v) is 4.80. The molecule has 0 saturated carbocycles. The van der Waals surface area contributed by atoms with Gasteiger partial charge in [-0.3, -0.25) is 0 Å². The molecular weight excluding hydrogens is 270 g/mol. The summed E-state index contributed by atoms with van der Waals surface area (Å²) < 4.78 is 11.9. The summed E-state index contributed by atoms with van der Waals surface area (Å²) in [5.74, 6) is 0. The molecule has 0 spiro atoms. The van der Waals surface area contributed by atoms with Gasteiger partial charge >= 0.3 is 7.12 Å². The van der Waals surface area contributed by atoms with Crippen LogP contribution in [-0.4, -0.2) is 18.3 Å². The zero-order valence-corrected chi connectivity index (χ0v) is 12.8. The Labute approximate surface area is 119 Å². The minimum Gasteiger partial charge on any atom is -0.399 e. The molecule has 0 amide bonds. The van der Waals surface area contributed by atoms with Crippen LogP contribution < -0.4 is 5.46 Å². The second-order valence-corrected chi connectivity index (χ2v) is 6.44. The van der Waals surface area contributed by atoms with E-state index in [0.29, 0.717) is 10.0 Å². The quantitative estimate of drug-likeness (QED) is 0.735. The van der Waals surface area contributed by atoms with E-state index in [-0.39, 0.29) is 11.2 Å². The van der Waals surface area contributed by atoms with Crippen molar-refractivity contribution in [3.05, 3.63) is 27.7 Å². The fourth-order valence-electron chi connectivity index (χ4n) is 1.81. The van der Waals surface area contributed by atoms with E-state index in [9.17, 15) is 0 Å². The van der Waals surface area contributed by atoms with Gasteiger partial charge in [0.15, 0.2) is 0 Å². The molecule has 0 bridgehead atoms. The third-order valence-electron chi connectivity index (χ3n) is 3.81. The van der Waals surface area contributed by atoms with E-state index >= 15 is 0 Å². The highest BCUT2D eigenvalue weighted by molar-refractivity contribution is 6.66. The molecule has 2 rings (SSSR count). The molecule has 5 heteroatoms. The van der Waals surface area contributed by atoms with E-state index in [1.54, 1.807) is 0 Å². The van der Waals surface area contributed by atoms with Crippen LogP contribution in [0.2, 0.25) is 10.0 Å². The number of halogens is 2. The first-order valence-corrected chi connectivity index (χ1v) is 6.71. The molecule has 1 heterocycles. The van der Waals surface area contributed by atoms with Crippen molar-refractivity contribution in [2.75, 3.05) is 0 Å². The normalized spacial score (nSPS) is 21.4. The minimum atomic E-state index is -0.472. The van der Waals surface area contributed by atoms with Crippen molar-refractivity contribution in [3.63, 3.8) is 0 Å². The Kier molecular flexibility index (Phi) is 3.48. The van der Waals surface area contributed by atoms with Crippen molar-refractivity contribution in [3.8, 4) is 0 Å². The average molecular weight is 287 g/mol. The van der Waals surface area contributed by atoms with Gasteiger partial charge in [0, 0.05) is 5.46 Å². The molecule has 1 aromatic rings. The standard InChI is InChI=1S/C13H17BCl2O2/c1-8-6-7-9(11(16)10(8)15)14-17-12(2,3)13(4,5)18-14/h6-7H,1-5H3. The lowest BCUT2D eigenvalue weighted by atomic mass is 9.78. The Bertz CT molecular complexity index is 470. The second kappa shape index (κ2) is 4.41. The predicted molar refractivity (Wildman–Crippen MR) is 76.9 cm³/mol. The molecule has 2 nitrogen and oxygen atoms in total. The Morgan fingerprint density at radius 3 is 1.94 bits per heavy atom. The highest BCUT2D eigenvalue weighted by Gasteiger charge is 2.52. The summed E-state index contributed by atoms with van der Waals surface area (Å²) in [6.07, 6.45) is 0. The summed E-state index contributed by atoms with van der Waals surface area (Å²) in [6.45, 7) is 9.96. The molecule has 0 unspecified atom stereocenters. The molecule has 1 aromatic carbocycles. The first-order valence-electron chi connectivity index (χ1n) is 5.96. The maximum atomic E-state index is 6.27. The minimum absolute atomic E-state index is 0.377. The highest BCUT2D eigenvalue weighted by Crippen LogP contribution is 2.37. The summed E-state index contributed by atoms with van der Waals surface area (Å²) in [7, 11) is -0.472. The maximum absolute atomic E-state index is 6.27. The van der Waals surface area contributed by atoms with Crippen LogP contribution in [0.25, 0.3) is 0 Å². The Hall–Kier alpha value is -0.215. The summed E-state index contributed by atoms with van der Waals surface area (Å²) in [6, 6.07) is 3.83. The average Bonchev–Trinajstić information content (AvgIpc) is 2.45. The number of benzene rings is 1. The maximum Gasteiger partial charge on any atom is 0.496 e. The van der Waals surface area contributed by atoms with Crippen molar-refractivity contribution >= 4 is 35.8 Å². The molecular formula is C13H17BCl2O2. The van der Waals surface area contributed by atoms with Crippen molar-refractivity contribution in [1.29, 1.82) is 0 Å². The van der Waals surface area contributed by atoms with Crippen molar-refractivity contribution in [2.45, 2.75) is 45.8 Å². The lowest BCUT2D eigenvalue weighted by molar-refractivity contribution is 0.00578. The molecule has 18 heavy (non-hydrogen) atoms. The first-order chi connectivity index (χ1) is 8.16. The molecule has 1 aliphatic rings. The van der Waals surface area contributed by atoms with Crippen LogP contribution in [0.5, 0.6) is 0 Å². The molecule has 1 aliphatic heterocycles. The third kappa shape index (κ3) is 2.18. The van der Waals surface area contributed by atoms with Crippen LogP contribution in [0, 0.1) is 6.92 Å². The van der Waals surface area contributed by atoms with E-state index in [1.165, 1.54) is 0 Å². The monoisotopic (exact) mass is 286 g/mol. The molecule has 0 radical (unpaired) electrons. The summed E-state index contributed by atoms with van der Waals surface area (Å²) in [5.41, 5.74) is 0.976. The smallest absolute Gasteiger partial charge is 0.399 e. The van der Waals surface area contributed by atoms with E-state index in [2.05, 4.69) is 0 Å². The summed E-state index contributed by atoms with van der Waals surface area (Å²) >= 11 is 12.4. The SMILES string of the molecule is Cc1ccc(B2OC(C)(C)C(C)(C)O2)c(Cl)c1Cl. The lowest BCUT2D eigenvalue weighted by Crippen LogP contribution is -2.41. The Morgan fingerprint density at radius 2 is 1.44 bits per heavy atom. The largest absolute Gasteiger partial charge is 0.496 e. The van der Waals surface area contributed by atoms with Crippen molar-refractivity contribution in [1.82, 2.24) is 0 Å². The molecule has 1 saturated heterocycles.